The molecule has 0 bridgehead atoms. The Bertz CT molecular complexity index is 371. The van der Waals surface area contributed by atoms with Gasteiger partial charge < -0.3 is 15.5 Å². The maximum Gasteiger partial charge on any atom is 0.326 e. The lowest BCUT2D eigenvalue weighted by molar-refractivity contribution is -0.138. The summed E-state index contributed by atoms with van der Waals surface area (Å²) in [6.07, 6.45) is 3.77. The van der Waals surface area contributed by atoms with Gasteiger partial charge in [0.15, 0.2) is 0 Å². The molecule has 6 heteroatoms. The Hall–Kier alpha value is -1.69. The van der Waals surface area contributed by atoms with E-state index >= 15 is 0 Å². The van der Waals surface area contributed by atoms with Gasteiger partial charge in [0, 0.05) is 6.20 Å². The zero-order valence-corrected chi connectivity index (χ0v) is 9.76. The van der Waals surface area contributed by atoms with E-state index in [0.29, 0.717) is 12.1 Å². The number of nitrogens with one attached hydrogen (secondary N) is 1. The highest BCUT2D eigenvalue weighted by molar-refractivity contribution is 5.76. The summed E-state index contributed by atoms with van der Waals surface area (Å²) < 4.78 is 0. The van der Waals surface area contributed by atoms with Crippen molar-refractivity contribution < 1.29 is 15.0 Å². The maximum atomic E-state index is 11.0. The molecule has 0 aliphatic heterocycles. The topological polar surface area (TPSA) is 95.3 Å². The molecular weight excluding hydrogens is 222 g/mol. The Morgan fingerprint density at radius 1 is 1.59 bits per heavy atom. The van der Waals surface area contributed by atoms with Crippen molar-refractivity contribution in [3.63, 3.8) is 0 Å². The molecule has 1 rings (SSSR count). The quantitative estimate of drug-likeness (QED) is 0.657. The van der Waals surface area contributed by atoms with Crippen LogP contribution < -0.4 is 5.32 Å². The average molecular weight is 239 g/mol. The molecule has 0 saturated carbocycles. The third-order valence-corrected chi connectivity index (χ3v) is 2.32. The van der Waals surface area contributed by atoms with Crippen molar-refractivity contribution in [3.05, 3.63) is 18.0 Å². The summed E-state index contributed by atoms with van der Waals surface area (Å²) in [5, 5.41) is 20.7. The average Bonchev–Trinajstić information content (AvgIpc) is 2.34. The maximum absolute atomic E-state index is 11.0. The number of aliphatic hydroxyl groups is 1. The Kier molecular flexibility index (Phi) is 5.35. The summed E-state index contributed by atoms with van der Waals surface area (Å²) in [7, 11) is 0. The monoisotopic (exact) mass is 239 g/mol. The molecule has 1 heterocycles. The van der Waals surface area contributed by atoms with Gasteiger partial charge in [0.2, 0.25) is 5.95 Å². The van der Waals surface area contributed by atoms with Crippen molar-refractivity contribution >= 4 is 11.9 Å². The molecule has 0 aliphatic carbocycles. The second kappa shape index (κ2) is 6.80. The van der Waals surface area contributed by atoms with Crippen molar-refractivity contribution in [1.82, 2.24) is 9.97 Å². The van der Waals surface area contributed by atoms with Crippen LogP contribution in [-0.4, -0.2) is 32.2 Å². The van der Waals surface area contributed by atoms with Gasteiger partial charge in [-0.3, -0.25) is 0 Å². The summed E-state index contributed by atoms with van der Waals surface area (Å²) in [4.78, 5) is 18.9. The number of hydrogen-bond donors (Lipinski definition) is 3. The fraction of sp³-hybridized carbons (Fsp3) is 0.545. The fourth-order valence-electron chi connectivity index (χ4n) is 1.38. The predicted octanol–water partition coefficient (Wildman–Crippen LogP) is 1.02. The highest BCUT2D eigenvalue weighted by Gasteiger charge is 2.17. The zero-order chi connectivity index (χ0) is 12.7. The molecule has 17 heavy (non-hydrogen) atoms. The second-order valence-electron chi connectivity index (χ2n) is 3.71. The summed E-state index contributed by atoms with van der Waals surface area (Å²) in [6, 6.07) is 0.886. The van der Waals surface area contributed by atoms with E-state index in [-0.39, 0.29) is 12.6 Å². The third-order valence-electron chi connectivity index (χ3n) is 2.32. The highest BCUT2D eigenvalue weighted by atomic mass is 16.4. The SMILES string of the molecule is CCCCC(Nc1nccc(CO)n1)C(=O)O. The second-order valence-corrected chi connectivity index (χ2v) is 3.71. The van der Waals surface area contributed by atoms with Gasteiger partial charge in [0.05, 0.1) is 12.3 Å². The molecule has 0 saturated heterocycles. The number of anilines is 1. The number of aliphatic carboxylic acids is 1. The van der Waals surface area contributed by atoms with Crippen LogP contribution in [0.2, 0.25) is 0 Å². The first-order chi connectivity index (χ1) is 8.17. The van der Waals surface area contributed by atoms with Crippen molar-refractivity contribution in [2.24, 2.45) is 0 Å². The van der Waals surface area contributed by atoms with E-state index in [2.05, 4.69) is 15.3 Å². The number of carbonyl (C=O) groups is 1. The molecule has 6 nitrogen and oxygen atoms in total. The van der Waals surface area contributed by atoms with Gasteiger partial charge in [-0.2, -0.15) is 0 Å². The molecule has 0 aliphatic rings. The van der Waals surface area contributed by atoms with Crippen LogP contribution in [0, 0.1) is 0 Å². The molecule has 0 aromatic carbocycles. The zero-order valence-electron chi connectivity index (χ0n) is 9.76. The van der Waals surface area contributed by atoms with Crippen LogP contribution in [0.25, 0.3) is 0 Å². The molecule has 1 atom stereocenters. The van der Waals surface area contributed by atoms with Crippen molar-refractivity contribution in [3.8, 4) is 0 Å². The van der Waals surface area contributed by atoms with Crippen LogP contribution in [-0.2, 0) is 11.4 Å². The molecular formula is C11H17N3O3. The molecule has 94 valence electrons. The molecule has 3 N–H and O–H groups in total. The summed E-state index contributed by atoms with van der Waals surface area (Å²) in [6.45, 7) is 1.81. The van der Waals surface area contributed by atoms with Gasteiger partial charge in [0.25, 0.3) is 0 Å². The van der Waals surface area contributed by atoms with E-state index in [1.165, 1.54) is 6.20 Å². The van der Waals surface area contributed by atoms with Gasteiger partial charge in [-0.1, -0.05) is 19.8 Å². The predicted molar refractivity (Wildman–Crippen MR) is 62.5 cm³/mol. The molecule has 0 radical (unpaired) electrons. The van der Waals surface area contributed by atoms with Crippen LogP contribution in [0.5, 0.6) is 0 Å². The van der Waals surface area contributed by atoms with Gasteiger partial charge >= 0.3 is 5.97 Å². The van der Waals surface area contributed by atoms with E-state index in [1.54, 1.807) is 6.07 Å². The van der Waals surface area contributed by atoms with Crippen molar-refractivity contribution in [2.75, 3.05) is 5.32 Å². The van der Waals surface area contributed by atoms with Crippen LogP contribution in [0.1, 0.15) is 31.9 Å². The highest BCUT2D eigenvalue weighted by Crippen LogP contribution is 2.08. The standard InChI is InChI=1S/C11H17N3O3/c1-2-3-4-9(10(16)17)14-11-12-6-5-8(7-15)13-11/h5-6,9,15H,2-4,7H2,1H3,(H,16,17)(H,12,13,14). The first kappa shape index (κ1) is 13.4. The van der Waals surface area contributed by atoms with E-state index in [0.717, 1.165) is 12.8 Å². The number of unbranched alkanes of at least 4 members (excludes halogenated alkanes) is 1. The van der Waals surface area contributed by atoms with Crippen LogP contribution in [0.3, 0.4) is 0 Å². The molecule has 0 amide bonds. The van der Waals surface area contributed by atoms with Crippen LogP contribution in [0.15, 0.2) is 12.3 Å². The van der Waals surface area contributed by atoms with Crippen LogP contribution >= 0.6 is 0 Å². The van der Waals surface area contributed by atoms with E-state index in [1.807, 2.05) is 6.92 Å². The fourth-order valence-corrected chi connectivity index (χ4v) is 1.38. The minimum Gasteiger partial charge on any atom is -0.480 e. The van der Waals surface area contributed by atoms with E-state index < -0.39 is 12.0 Å². The summed E-state index contributed by atoms with van der Waals surface area (Å²) >= 11 is 0. The summed E-state index contributed by atoms with van der Waals surface area (Å²) in [5.41, 5.74) is 0.460. The van der Waals surface area contributed by atoms with Crippen LogP contribution in [0.4, 0.5) is 5.95 Å². The molecule has 1 unspecified atom stereocenters. The van der Waals surface area contributed by atoms with Crippen molar-refractivity contribution in [1.29, 1.82) is 0 Å². The summed E-state index contributed by atoms with van der Waals surface area (Å²) in [5.74, 6) is -0.684. The van der Waals surface area contributed by atoms with E-state index in [9.17, 15) is 4.79 Å². The lowest BCUT2D eigenvalue weighted by atomic mass is 10.1. The minimum absolute atomic E-state index is 0.191. The Balaban J connectivity index is 2.67. The normalized spacial score (nSPS) is 12.1. The number of nitrogens with zero attached hydrogens (tertiary/aromatic N) is 2. The first-order valence-electron chi connectivity index (χ1n) is 5.59. The third kappa shape index (κ3) is 4.36. The lowest BCUT2D eigenvalue weighted by Crippen LogP contribution is -2.30. The number of carboxylic acids is 1. The van der Waals surface area contributed by atoms with Gasteiger partial charge in [0.1, 0.15) is 6.04 Å². The number of carboxylic acid groups (broad SMARTS) is 1. The molecule has 1 aromatic rings. The van der Waals surface area contributed by atoms with Gasteiger partial charge in [-0.15, -0.1) is 0 Å². The smallest absolute Gasteiger partial charge is 0.326 e. The first-order valence-corrected chi connectivity index (χ1v) is 5.59. The Labute approximate surface area is 99.7 Å². The Morgan fingerprint density at radius 3 is 2.94 bits per heavy atom. The molecule has 0 spiro atoms. The molecule has 1 aromatic heterocycles. The number of rotatable bonds is 7. The largest absolute Gasteiger partial charge is 0.480 e. The molecule has 0 fully saturated rings. The Morgan fingerprint density at radius 2 is 2.35 bits per heavy atom. The number of aliphatic hydroxyl groups excluding tert-OH is 1. The minimum atomic E-state index is -0.920. The number of aromatic nitrogens is 2. The lowest BCUT2D eigenvalue weighted by Gasteiger charge is -2.13. The van der Waals surface area contributed by atoms with Gasteiger partial charge in [-0.05, 0) is 12.5 Å². The number of hydrogen-bond acceptors (Lipinski definition) is 5. The van der Waals surface area contributed by atoms with Crippen molar-refractivity contribution in [2.45, 2.75) is 38.8 Å². The van der Waals surface area contributed by atoms with E-state index in [4.69, 9.17) is 10.2 Å². The van der Waals surface area contributed by atoms with Gasteiger partial charge in [-0.25, -0.2) is 14.8 Å².